The molecule has 1 fully saturated rings. The number of likely N-dealkylation sites (tertiary alicyclic amines) is 1. The highest BCUT2D eigenvalue weighted by molar-refractivity contribution is 5.81. The molecule has 96 valence electrons. The summed E-state index contributed by atoms with van der Waals surface area (Å²) >= 11 is 0. The summed E-state index contributed by atoms with van der Waals surface area (Å²) in [5.41, 5.74) is 0.652. The largest absolute Gasteiger partial charge is 0.481 e. The molecule has 0 unspecified atom stereocenters. The lowest BCUT2D eigenvalue weighted by atomic mass is 9.85. The number of carbonyl (C=O) groups is 2. The van der Waals surface area contributed by atoms with Gasteiger partial charge >= 0.3 is 5.97 Å². The highest BCUT2D eigenvalue weighted by Crippen LogP contribution is 2.35. The van der Waals surface area contributed by atoms with Crippen LogP contribution in [0, 0.1) is 11.7 Å². The van der Waals surface area contributed by atoms with Crippen molar-refractivity contribution in [3.8, 4) is 0 Å². The molecule has 0 radical (unpaired) electrons. The third-order valence-electron chi connectivity index (χ3n) is 3.39. The number of hydrogen-bond acceptors (Lipinski definition) is 2. The Morgan fingerprint density at radius 3 is 2.56 bits per heavy atom. The standard InChI is InChI=1S/C13H14FNO3/c1-15-11(16)7-6-10(13(17)18)12(15)8-2-4-9(14)5-3-8/h2-5,10,12H,6-7H2,1H3,(H,17,18)/t10-,12-/m1/s1. The van der Waals surface area contributed by atoms with Gasteiger partial charge in [-0.05, 0) is 24.1 Å². The fraction of sp³-hybridized carbons (Fsp3) is 0.385. The molecule has 1 heterocycles. The van der Waals surface area contributed by atoms with E-state index in [-0.39, 0.29) is 18.1 Å². The zero-order chi connectivity index (χ0) is 13.3. The van der Waals surface area contributed by atoms with Gasteiger partial charge in [-0.25, -0.2) is 4.39 Å². The maximum Gasteiger partial charge on any atom is 0.308 e. The van der Waals surface area contributed by atoms with Gasteiger partial charge in [0.05, 0.1) is 12.0 Å². The average molecular weight is 251 g/mol. The monoisotopic (exact) mass is 251 g/mol. The first-order valence-corrected chi connectivity index (χ1v) is 5.74. The minimum absolute atomic E-state index is 0.0816. The average Bonchev–Trinajstić information content (AvgIpc) is 2.33. The van der Waals surface area contributed by atoms with Gasteiger partial charge in [0.15, 0.2) is 0 Å². The molecular weight excluding hydrogens is 237 g/mol. The predicted molar refractivity (Wildman–Crippen MR) is 62.3 cm³/mol. The van der Waals surface area contributed by atoms with Crippen LogP contribution >= 0.6 is 0 Å². The number of carbonyl (C=O) groups excluding carboxylic acids is 1. The lowest BCUT2D eigenvalue weighted by Crippen LogP contribution is -2.42. The van der Waals surface area contributed by atoms with E-state index in [0.29, 0.717) is 12.0 Å². The SMILES string of the molecule is CN1C(=O)CC[C@@H](C(=O)O)[C@H]1c1ccc(F)cc1. The summed E-state index contributed by atoms with van der Waals surface area (Å²) in [6, 6.07) is 5.10. The molecule has 0 aromatic heterocycles. The van der Waals surface area contributed by atoms with Crippen LogP contribution in [0.15, 0.2) is 24.3 Å². The van der Waals surface area contributed by atoms with E-state index >= 15 is 0 Å². The number of carboxylic acid groups (broad SMARTS) is 1. The summed E-state index contributed by atoms with van der Waals surface area (Å²) in [7, 11) is 1.59. The first-order valence-electron chi connectivity index (χ1n) is 5.74. The summed E-state index contributed by atoms with van der Waals surface area (Å²) in [5, 5.41) is 9.22. The van der Waals surface area contributed by atoms with Gasteiger partial charge in [0.1, 0.15) is 5.82 Å². The van der Waals surface area contributed by atoms with Crippen LogP contribution in [-0.2, 0) is 9.59 Å². The van der Waals surface area contributed by atoms with Crippen molar-refractivity contribution in [2.24, 2.45) is 5.92 Å². The molecule has 0 aliphatic carbocycles. The van der Waals surface area contributed by atoms with E-state index in [1.807, 2.05) is 0 Å². The van der Waals surface area contributed by atoms with Crippen molar-refractivity contribution in [1.29, 1.82) is 0 Å². The van der Waals surface area contributed by atoms with Crippen LogP contribution in [0.4, 0.5) is 4.39 Å². The molecule has 1 aromatic rings. The second-order valence-corrected chi connectivity index (χ2v) is 4.48. The van der Waals surface area contributed by atoms with Crippen molar-refractivity contribution in [2.75, 3.05) is 7.05 Å². The normalized spacial score (nSPS) is 24.1. The number of benzene rings is 1. The van der Waals surface area contributed by atoms with Crippen LogP contribution in [-0.4, -0.2) is 28.9 Å². The molecular formula is C13H14FNO3. The number of aliphatic carboxylic acids is 1. The van der Waals surface area contributed by atoms with Crippen LogP contribution in [0.2, 0.25) is 0 Å². The first-order chi connectivity index (χ1) is 8.50. The van der Waals surface area contributed by atoms with Gasteiger partial charge in [0.2, 0.25) is 5.91 Å². The molecule has 1 aromatic carbocycles. The number of nitrogens with zero attached hydrogens (tertiary/aromatic N) is 1. The fourth-order valence-electron chi connectivity index (χ4n) is 2.41. The highest BCUT2D eigenvalue weighted by Gasteiger charge is 2.38. The third-order valence-corrected chi connectivity index (χ3v) is 3.39. The Balaban J connectivity index is 2.37. The summed E-state index contributed by atoms with van der Waals surface area (Å²) < 4.78 is 12.9. The van der Waals surface area contributed by atoms with Gasteiger partial charge < -0.3 is 10.0 Å². The Labute approximate surface area is 104 Å². The molecule has 1 aliphatic heterocycles. The van der Waals surface area contributed by atoms with Gasteiger partial charge in [0, 0.05) is 13.5 Å². The smallest absolute Gasteiger partial charge is 0.308 e. The second-order valence-electron chi connectivity index (χ2n) is 4.48. The fourth-order valence-corrected chi connectivity index (χ4v) is 2.41. The lowest BCUT2D eigenvalue weighted by molar-refractivity contribution is -0.150. The molecule has 2 atom stereocenters. The van der Waals surface area contributed by atoms with Gasteiger partial charge in [-0.2, -0.15) is 0 Å². The Kier molecular flexibility index (Phi) is 3.32. The molecule has 1 aliphatic rings. The zero-order valence-electron chi connectivity index (χ0n) is 9.97. The molecule has 1 N–H and O–H groups in total. The van der Waals surface area contributed by atoms with E-state index in [9.17, 15) is 19.1 Å². The first kappa shape index (κ1) is 12.5. The van der Waals surface area contributed by atoms with Crippen LogP contribution in [0.5, 0.6) is 0 Å². The van der Waals surface area contributed by atoms with Crippen molar-refractivity contribution in [3.63, 3.8) is 0 Å². The van der Waals surface area contributed by atoms with Gasteiger partial charge in [-0.15, -0.1) is 0 Å². The molecule has 0 spiro atoms. The highest BCUT2D eigenvalue weighted by atomic mass is 19.1. The van der Waals surface area contributed by atoms with E-state index < -0.39 is 17.9 Å². The molecule has 2 rings (SSSR count). The van der Waals surface area contributed by atoms with E-state index in [1.165, 1.54) is 29.2 Å². The van der Waals surface area contributed by atoms with Crippen molar-refractivity contribution >= 4 is 11.9 Å². The number of halogens is 1. The summed E-state index contributed by atoms with van der Waals surface area (Å²) in [6.07, 6.45) is 0.561. The Morgan fingerprint density at radius 2 is 2.00 bits per heavy atom. The van der Waals surface area contributed by atoms with Crippen LogP contribution in [0.25, 0.3) is 0 Å². The lowest BCUT2D eigenvalue weighted by Gasteiger charge is -2.37. The van der Waals surface area contributed by atoms with Crippen molar-refractivity contribution in [2.45, 2.75) is 18.9 Å². The minimum atomic E-state index is -0.927. The van der Waals surface area contributed by atoms with Crippen molar-refractivity contribution < 1.29 is 19.1 Å². The molecule has 4 nitrogen and oxygen atoms in total. The number of hydrogen-bond donors (Lipinski definition) is 1. The molecule has 18 heavy (non-hydrogen) atoms. The van der Waals surface area contributed by atoms with Gasteiger partial charge in [-0.3, -0.25) is 9.59 Å². The van der Waals surface area contributed by atoms with Crippen LogP contribution in [0.1, 0.15) is 24.4 Å². The second kappa shape index (κ2) is 4.76. The third kappa shape index (κ3) is 2.20. The number of rotatable bonds is 2. The summed E-state index contributed by atoms with van der Waals surface area (Å²) in [6.45, 7) is 0. The topological polar surface area (TPSA) is 57.6 Å². The number of amides is 1. The van der Waals surface area contributed by atoms with Crippen molar-refractivity contribution in [3.05, 3.63) is 35.6 Å². The summed E-state index contributed by atoms with van der Waals surface area (Å²) in [5.74, 6) is -2.03. The number of carboxylic acids is 1. The predicted octanol–water partition coefficient (Wildman–Crippen LogP) is 1.82. The molecule has 0 saturated carbocycles. The Bertz CT molecular complexity index is 472. The minimum Gasteiger partial charge on any atom is -0.481 e. The van der Waals surface area contributed by atoms with Gasteiger partial charge in [0.25, 0.3) is 0 Å². The van der Waals surface area contributed by atoms with E-state index in [1.54, 1.807) is 7.05 Å². The maximum absolute atomic E-state index is 12.9. The molecule has 5 heteroatoms. The maximum atomic E-state index is 12.9. The van der Waals surface area contributed by atoms with Crippen LogP contribution < -0.4 is 0 Å². The van der Waals surface area contributed by atoms with E-state index in [2.05, 4.69) is 0 Å². The van der Waals surface area contributed by atoms with E-state index in [4.69, 9.17) is 0 Å². The molecule has 1 amide bonds. The molecule has 0 bridgehead atoms. The Morgan fingerprint density at radius 1 is 1.39 bits per heavy atom. The van der Waals surface area contributed by atoms with Crippen molar-refractivity contribution in [1.82, 2.24) is 4.90 Å². The summed E-state index contributed by atoms with van der Waals surface area (Å²) in [4.78, 5) is 24.4. The zero-order valence-corrected chi connectivity index (χ0v) is 9.97. The quantitative estimate of drug-likeness (QED) is 0.872. The molecule has 1 saturated heterocycles. The van der Waals surface area contributed by atoms with Crippen LogP contribution in [0.3, 0.4) is 0 Å². The number of piperidine rings is 1. The van der Waals surface area contributed by atoms with E-state index in [0.717, 1.165) is 0 Å². The van der Waals surface area contributed by atoms with Gasteiger partial charge in [-0.1, -0.05) is 12.1 Å². The Hall–Kier alpha value is -1.91.